The molecule has 2 rings (SSSR count). The highest BCUT2D eigenvalue weighted by Gasteiger charge is 2.17. The molecule has 0 bridgehead atoms. The zero-order valence-electron chi connectivity index (χ0n) is 11.2. The molecule has 0 radical (unpaired) electrons. The number of hydrogen-bond donors (Lipinski definition) is 1. The highest BCUT2D eigenvalue weighted by molar-refractivity contribution is 7.99. The van der Waals surface area contributed by atoms with Gasteiger partial charge in [0.25, 0.3) is 0 Å². The van der Waals surface area contributed by atoms with Crippen LogP contribution in [0.25, 0.3) is 0 Å². The Morgan fingerprint density at radius 1 is 1.53 bits per heavy atom. The Bertz CT molecular complexity index is 493. The Labute approximate surface area is 118 Å². The van der Waals surface area contributed by atoms with Gasteiger partial charge in [-0.3, -0.25) is 4.90 Å². The summed E-state index contributed by atoms with van der Waals surface area (Å²) in [4.78, 5) is 2.31. The van der Waals surface area contributed by atoms with Gasteiger partial charge in [0, 0.05) is 41.8 Å². The minimum atomic E-state index is -0.172. The van der Waals surface area contributed by atoms with E-state index in [4.69, 9.17) is 5.73 Å². The van der Waals surface area contributed by atoms with Crippen molar-refractivity contribution < 1.29 is 4.39 Å². The summed E-state index contributed by atoms with van der Waals surface area (Å²) in [6.07, 6.45) is 0. The van der Waals surface area contributed by atoms with Gasteiger partial charge in [-0.05, 0) is 12.1 Å². The number of nitrogens with two attached hydrogens (primary N) is 1. The second-order valence-corrected chi connectivity index (χ2v) is 6.27. The molecular formula is C15H19FN2S. The first-order valence-electron chi connectivity index (χ1n) is 6.50. The van der Waals surface area contributed by atoms with Crippen LogP contribution in [0.1, 0.15) is 18.1 Å². The third-order valence-corrected chi connectivity index (χ3v) is 4.24. The first-order valence-corrected chi connectivity index (χ1v) is 7.55. The van der Waals surface area contributed by atoms with E-state index in [0.29, 0.717) is 23.9 Å². The molecule has 2 nitrogen and oxygen atoms in total. The molecule has 1 unspecified atom stereocenters. The lowest BCUT2D eigenvalue weighted by Crippen LogP contribution is -2.36. The van der Waals surface area contributed by atoms with Gasteiger partial charge in [-0.1, -0.05) is 24.8 Å². The zero-order valence-corrected chi connectivity index (χ0v) is 12.0. The number of nitrogens with zero attached hydrogens (tertiary/aromatic N) is 1. The first-order chi connectivity index (χ1) is 9.19. The number of rotatable bonds is 2. The summed E-state index contributed by atoms with van der Waals surface area (Å²) in [5, 5.41) is 0.631. The van der Waals surface area contributed by atoms with Crippen LogP contribution in [0.2, 0.25) is 0 Å². The smallest absolute Gasteiger partial charge is 0.128 e. The van der Waals surface area contributed by atoms with E-state index in [1.54, 1.807) is 0 Å². The number of halogens is 1. The molecule has 1 fully saturated rings. The largest absolute Gasteiger partial charge is 0.320 e. The molecule has 102 valence electrons. The minimum absolute atomic E-state index is 0.172. The fourth-order valence-corrected chi connectivity index (χ4v) is 3.26. The second-order valence-electron chi connectivity index (χ2n) is 4.73. The summed E-state index contributed by atoms with van der Waals surface area (Å²) < 4.78 is 14.0. The van der Waals surface area contributed by atoms with Crippen molar-refractivity contribution in [2.75, 3.05) is 25.4 Å². The molecule has 4 heteroatoms. The quantitative estimate of drug-likeness (QED) is 0.840. The van der Waals surface area contributed by atoms with Crippen molar-refractivity contribution in [2.45, 2.75) is 18.7 Å². The van der Waals surface area contributed by atoms with Gasteiger partial charge >= 0.3 is 0 Å². The molecule has 1 saturated heterocycles. The standard InChI is InChI=1S/C15H19FN2S/c1-12-10-18(7-8-19-12)11-14-5-4-13(3-2-6-17)9-15(14)16/h4-5,9,12H,6-8,10-11,17H2,1H3. The predicted octanol–water partition coefficient (Wildman–Crippen LogP) is 2.07. The van der Waals surface area contributed by atoms with Gasteiger partial charge in [-0.15, -0.1) is 0 Å². The molecule has 19 heavy (non-hydrogen) atoms. The van der Waals surface area contributed by atoms with Gasteiger partial charge < -0.3 is 5.73 Å². The van der Waals surface area contributed by atoms with Crippen molar-refractivity contribution in [1.82, 2.24) is 4.90 Å². The Morgan fingerprint density at radius 3 is 3.05 bits per heavy atom. The maximum atomic E-state index is 14.0. The Morgan fingerprint density at radius 2 is 2.37 bits per heavy atom. The van der Waals surface area contributed by atoms with Crippen molar-refractivity contribution in [3.05, 3.63) is 35.1 Å². The third-order valence-electron chi connectivity index (χ3n) is 3.11. The maximum Gasteiger partial charge on any atom is 0.128 e. The third kappa shape index (κ3) is 4.24. The van der Waals surface area contributed by atoms with Crippen molar-refractivity contribution in [3.8, 4) is 11.8 Å². The summed E-state index contributed by atoms with van der Waals surface area (Å²) in [5.41, 5.74) is 6.74. The lowest BCUT2D eigenvalue weighted by molar-refractivity contribution is 0.274. The fraction of sp³-hybridized carbons (Fsp3) is 0.467. The van der Waals surface area contributed by atoms with E-state index >= 15 is 0 Å². The van der Waals surface area contributed by atoms with E-state index in [-0.39, 0.29) is 5.82 Å². The predicted molar refractivity (Wildman–Crippen MR) is 79.5 cm³/mol. The molecule has 1 aliphatic heterocycles. The molecule has 1 atom stereocenters. The van der Waals surface area contributed by atoms with Crippen molar-refractivity contribution in [3.63, 3.8) is 0 Å². The van der Waals surface area contributed by atoms with E-state index in [1.165, 1.54) is 6.07 Å². The molecule has 1 aromatic carbocycles. The highest BCUT2D eigenvalue weighted by atomic mass is 32.2. The van der Waals surface area contributed by atoms with Gasteiger partial charge in [0.05, 0.1) is 6.54 Å². The van der Waals surface area contributed by atoms with E-state index in [2.05, 4.69) is 23.7 Å². The average Bonchev–Trinajstić information content (AvgIpc) is 2.39. The summed E-state index contributed by atoms with van der Waals surface area (Å²) >= 11 is 1.98. The van der Waals surface area contributed by atoms with Crippen molar-refractivity contribution in [2.24, 2.45) is 5.73 Å². The first kappa shape index (κ1) is 14.4. The zero-order chi connectivity index (χ0) is 13.7. The van der Waals surface area contributed by atoms with Crippen LogP contribution in [-0.2, 0) is 6.54 Å². The van der Waals surface area contributed by atoms with Gasteiger partial charge in [0.1, 0.15) is 5.82 Å². The van der Waals surface area contributed by atoms with Crippen LogP contribution in [0.4, 0.5) is 4.39 Å². The Kier molecular flexibility index (Phi) is 5.26. The highest BCUT2D eigenvalue weighted by Crippen LogP contribution is 2.20. The number of thioether (sulfide) groups is 1. The molecule has 1 aliphatic rings. The summed E-state index contributed by atoms with van der Waals surface area (Å²) in [7, 11) is 0. The monoisotopic (exact) mass is 278 g/mol. The topological polar surface area (TPSA) is 29.3 Å². The normalized spacial score (nSPS) is 19.8. The van der Waals surface area contributed by atoms with Crippen LogP contribution in [0.5, 0.6) is 0 Å². The molecule has 0 amide bonds. The molecule has 0 spiro atoms. The van der Waals surface area contributed by atoms with Crippen molar-refractivity contribution >= 4 is 11.8 Å². The Balaban J connectivity index is 2.04. The second kappa shape index (κ2) is 6.95. The minimum Gasteiger partial charge on any atom is -0.320 e. The van der Waals surface area contributed by atoms with Gasteiger partial charge in [-0.2, -0.15) is 11.8 Å². The van der Waals surface area contributed by atoms with E-state index in [9.17, 15) is 4.39 Å². The molecule has 0 aromatic heterocycles. The van der Waals surface area contributed by atoms with Crippen LogP contribution in [-0.4, -0.2) is 35.5 Å². The van der Waals surface area contributed by atoms with Gasteiger partial charge in [0.2, 0.25) is 0 Å². The van der Waals surface area contributed by atoms with Gasteiger partial charge in [-0.25, -0.2) is 4.39 Å². The molecule has 1 heterocycles. The molecular weight excluding hydrogens is 259 g/mol. The summed E-state index contributed by atoms with van der Waals surface area (Å²) in [6, 6.07) is 5.20. The van der Waals surface area contributed by atoms with E-state index < -0.39 is 0 Å². The lowest BCUT2D eigenvalue weighted by atomic mass is 10.1. The van der Waals surface area contributed by atoms with Crippen LogP contribution in [0.3, 0.4) is 0 Å². The van der Waals surface area contributed by atoms with Crippen LogP contribution >= 0.6 is 11.8 Å². The van der Waals surface area contributed by atoms with Crippen molar-refractivity contribution in [1.29, 1.82) is 0 Å². The van der Waals surface area contributed by atoms with Gasteiger partial charge in [0.15, 0.2) is 0 Å². The van der Waals surface area contributed by atoms with E-state index in [1.807, 2.05) is 23.9 Å². The average molecular weight is 278 g/mol. The van der Waals surface area contributed by atoms with Crippen LogP contribution < -0.4 is 5.73 Å². The number of benzene rings is 1. The van der Waals surface area contributed by atoms with E-state index in [0.717, 1.165) is 24.4 Å². The lowest BCUT2D eigenvalue weighted by Gasteiger charge is -2.30. The maximum absolute atomic E-state index is 14.0. The fourth-order valence-electron chi connectivity index (χ4n) is 2.18. The Hall–Kier alpha value is -1.02. The van der Waals surface area contributed by atoms with Crippen LogP contribution in [0, 0.1) is 17.7 Å². The number of hydrogen-bond acceptors (Lipinski definition) is 3. The molecule has 1 aromatic rings. The summed E-state index contributed by atoms with van der Waals surface area (Å²) in [6.45, 7) is 5.26. The molecule has 0 saturated carbocycles. The summed E-state index contributed by atoms with van der Waals surface area (Å²) in [5.74, 6) is 6.54. The SMILES string of the molecule is CC1CN(Cc2ccc(C#CCN)cc2F)CCS1. The molecule has 2 N–H and O–H groups in total. The molecule has 0 aliphatic carbocycles. The van der Waals surface area contributed by atoms with Crippen LogP contribution in [0.15, 0.2) is 18.2 Å².